The van der Waals surface area contributed by atoms with E-state index in [0.29, 0.717) is 29.8 Å². The van der Waals surface area contributed by atoms with Crippen molar-refractivity contribution in [2.75, 3.05) is 11.9 Å². The van der Waals surface area contributed by atoms with Crippen molar-refractivity contribution in [1.29, 1.82) is 0 Å². The predicted molar refractivity (Wildman–Crippen MR) is 64.9 cm³/mol. The van der Waals surface area contributed by atoms with Crippen LogP contribution in [0.2, 0.25) is 0 Å². The number of ketones is 1. The van der Waals surface area contributed by atoms with Crippen LogP contribution in [0.5, 0.6) is 0 Å². The lowest BCUT2D eigenvalue weighted by molar-refractivity contribution is -0.112. The Morgan fingerprint density at radius 1 is 1.39 bits per heavy atom. The Morgan fingerprint density at radius 3 is 3.00 bits per heavy atom. The van der Waals surface area contributed by atoms with E-state index in [4.69, 9.17) is 5.53 Å². The normalized spacial score (nSPS) is 12.0. The highest BCUT2D eigenvalue weighted by atomic mass is 16.2. The standard InChI is InChI=1S/C12H8N4O2/c13-16-14-7-2-1-4-8-5-3-6-9-10(8)15-12(18)11(9)17/h3,5-6H,2,7H2,(H,15,17,18). The van der Waals surface area contributed by atoms with Gasteiger partial charge in [-0.2, -0.15) is 0 Å². The van der Waals surface area contributed by atoms with Crippen LogP contribution in [0.15, 0.2) is 23.3 Å². The molecule has 0 bridgehead atoms. The van der Waals surface area contributed by atoms with Gasteiger partial charge in [0.1, 0.15) is 0 Å². The van der Waals surface area contributed by atoms with Crippen LogP contribution in [0.4, 0.5) is 5.69 Å². The molecule has 0 saturated carbocycles. The maximum Gasteiger partial charge on any atom is 0.296 e. The quantitative estimate of drug-likeness (QED) is 0.213. The largest absolute Gasteiger partial charge is 0.317 e. The number of hydrogen-bond donors (Lipinski definition) is 1. The Labute approximate surface area is 103 Å². The summed E-state index contributed by atoms with van der Waals surface area (Å²) in [7, 11) is 0. The van der Waals surface area contributed by atoms with Crippen molar-refractivity contribution < 1.29 is 9.59 Å². The molecule has 0 spiro atoms. The van der Waals surface area contributed by atoms with Gasteiger partial charge in [0.15, 0.2) is 0 Å². The number of fused-ring (bicyclic) bond motifs is 1. The van der Waals surface area contributed by atoms with Crippen LogP contribution < -0.4 is 5.32 Å². The number of nitrogens with one attached hydrogen (secondary N) is 1. The van der Waals surface area contributed by atoms with Crippen LogP contribution in [0.25, 0.3) is 10.4 Å². The fourth-order valence-corrected chi connectivity index (χ4v) is 1.58. The molecule has 1 aliphatic rings. The molecule has 1 N–H and O–H groups in total. The van der Waals surface area contributed by atoms with Crippen molar-refractivity contribution in [3.63, 3.8) is 0 Å². The van der Waals surface area contributed by atoms with E-state index in [-0.39, 0.29) is 0 Å². The lowest BCUT2D eigenvalue weighted by Gasteiger charge is -1.99. The van der Waals surface area contributed by atoms with Crippen LogP contribution in [-0.4, -0.2) is 18.2 Å². The molecule has 1 heterocycles. The molecule has 0 aliphatic carbocycles. The third-order valence-electron chi connectivity index (χ3n) is 2.38. The van der Waals surface area contributed by atoms with Gasteiger partial charge in [0.05, 0.1) is 11.3 Å². The van der Waals surface area contributed by atoms with Gasteiger partial charge < -0.3 is 5.32 Å². The number of anilines is 1. The number of para-hydroxylation sites is 1. The van der Waals surface area contributed by atoms with Crippen molar-refractivity contribution >= 4 is 17.4 Å². The summed E-state index contributed by atoms with van der Waals surface area (Å²) in [6.07, 6.45) is 0.426. The molecule has 0 radical (unpaired) electrons. The van der Waals surface area contributed by atoms with Gasteiger partial charge in [-0.1, -0.05) is 23.0 Å². The lowest BCUT2D eigenvalue weighted by atomic mass is 10.1. The third-order valence-corrected chi connectivity index (χ3v) is 2.38. The van der Waals surface area contributed by atoms with Crippen molar-refractivity contribution in [1.82, 2.24) is 0 Å². The van der Waals surface area contributed by atoms with E-state index in [9.17, 15) is 9.59 Å². The topological polar surface area (TPSA) is 94.9 Å². The maximum absolute atomic E-state index is 11.4. The molecule has 1 aromatic carbocycles. The van der Waals surface area contributed by atoms with Crippen LogP contribution in [0.1, 0.15) is 22.3 Å². The lowest BCUT2D eigenvalue weighted by Crippen LogP contribution is -2.12. The van der Waals surface area contributed by atoms with Crippen LogP contribution in [-0.2, 0) is 4.79 Å². The van der Waals surface area contributed by atoms with E-state index in [1.807, 2.05) is 0 Å². The Kier molecular flexibility index (Phi) is 3.28. The number of nitrogens with zero attached hydrogens (tertiary/aromatic N) is 3. The molecule has 1 aromatic rings. The molecule has 0 saturated heterocycles. The summed E-state index contributed by atoms with van der Waals surface area (Å²) >= 11 is 0. The van der Waals surface area contributed by atoms with Crippen molar-refractivity contribution in [2.45, 2.75) is 6.42 Å². The minimum Gasteiger partial charge on any atom is -0.317 e. The number of benzene rings is 1. The van der Waals surface area contributed by atoms with E-state index in [0.717, 1.165) is 0 Å². The fourth-order valence-electron chi connectivity index (χ4n) is 1.58. The Morgan fingerprint density at radius 2 is 2.22 bits per heavy atom. The summed E-state index contributed by atoms with van der Waals surface area (Å²) in [4.78, 5) is 25.3. The second kappa shape index (κ2) is 5.04. The van der Waals surface area contributed by atoms with Gasteiger partial charge in [-0.3, -0.25) is 9.59 Å². The minimum absolute atomic E-state index is 0.295. The SMILES string of the molecule is [N-]=[N+]=NCCC#Cc1cccc2c1NC(=O)C2=O. The first-order valence-corrected chi connectivity index (χ1v) is 5.22. The summed E-state index contributed by atoms with van der Waals surface area (Å²) < 4.78 is 0. The van der Waals surface area contributed by atoms with Gasteiger partial charge in [-0.15, -0.1) is 0 Å². The summed E-state index contributed by atoms with van der Waals surface area (Å²) in [5.41, 5.74) is 9.49. The molecular formula is C12H8N4O2. The molecule has 0 aromatic heterocycles. The molecule has 0 unspecified atom stereocenters. The second-order valence-corrected chi connectivity index (χ2v) is 3.52. The van der Waals surface area contributed by atoms with Crippen molar-refractivity contribution in [3.8, 4) is 11.8 Å². The molecule has 6 nitrogen and oxygen atoms in total. The van der Waals surface area contributed by atoms with Crippen molar-refractivity contribution in [3.05, 3.63) is 39.8 Å². The number of rotatable bonds is 2. The summed E-state index contributed by atoms with van der Waals surface area (Å²) in [5, 5.41) is 5.85. The van der Waals surface area contributed by atoms with Gasteiger partial charge in [0.2, 0.25) is 0 Å². The Hall–Kier alpha value is -2.77. The van der Waals surface area contributed by atoms with Crippen LogP contribution in [0.3, 0.4) is 0 Å². The highest BCUT2D eigenvalue weighted by Crippen LogP contribution is 2.26. The van der Waals surface area contributed by atoms with Crippen molar-refractivity contribution in [2.24, 2.45) is 5.11 Å². The van der Waals surface area contributed by atoms with Crippen LogP contribution in [0, 0.1) is 11.8 Å². The van der Waals surface area contributed by atoms with Gasteiger partial charge in [0, 0.05) is 23.4 Å². The van der Waals surface area contributed by atoms with Gasteiger partial charge >= 0.3 is 0 Å². The molecule has 88 valence electrons. The maximum atomic E-state index is 11.4. The zero-order valence-corrected chi connectivity index (χ0v) is 9.30. The van der Waals surface area contributed by atoms with E-state index in [1.165, 1.54) is 0 Å². The fraction of sp³-hybridized carbons (Fsp3) is 0.167. The average molecular weight is 240 g/mol. The third kappa shape index (κ3) is 2.17. The molecule has 0 atom stereocenters. The molecule has 1 aliphatic heterocycles. The second-order valence-electron chi connectivity index (χ2n) is 3.52. The first-order chi connectivity index (χ1) is 8.74. The van der Waals surface area contributed by atoms with Gasteiger partial charge in [0.25, 0.3) is 11.7 Å². The average Bonchev–Trinajstić information content (AvgIpc) is 2.66. The highest BCUT2D eigenvalue weighted by molar-refractivity contribution is 6.51. The minimum atomic E-state index is -0.631. The van der Waals surface area contributed by atoms with E-state index in [1.54, 1.807) is 18.2 Å². The molecular weight excluding hydrogens is 232 g/mol. The van der Waals surface area contributed by atoms with Gasteiger partial charge in [-0.25, -0.2) is 0 Å². The highest BCUT2D eigenvalue weighted by Gasteiger charge is 2.29. The smallest absolute Gasteiger partial charge is 0.296 e. The first-order valence-electron chi connectivity index (χ1n) is 5.22. The zero-order chi connectivity index (χ0) is 13.0. The zero-order valence-electron chi connectivity index (χ0n) is 9.30. The predicted octanol–water partition coefficient (Wildman–Crippen LogP) is 1.87. The number of hydrogen-bond acceptors (Lipinski definition) is 3. The number of carbonyl (C=O) groups excluding carboxylic acids is 2. The molecule has 1 amide bonds. The summed E-state index contributed by atoms with van der Waals surface area (Å²) in [5.74, 6) is 4.49. The van der Waals surface area contributed by atoms with E-state index in [2.05, 4.69) is 27.2 Å². The summed E-state index contributed by atoms with van der Waals surface area (Å²) in [6.45, 7) is 0.295. The van der Waals surface area contributed by atoms with Crippen LogP contribution >= 0.6 is 0 Å². The number of Topliss-reactive ketones (excluding diaryl/α,β-unsaturated/α-hetero) is 1. The number of carbonyl (C=O) groups is 2. The number of amides is 1. The molecule has 2 rings (SSSR count). The van der Waals surface area contributed by atoms with E-state index < -0.39 is 11.7 Å². The summed E-state index contributed by atoms with van der Waals surface area (Å²) in [6, 6.07) is 4.98. The van der Waals surface area contributed by atoms with Gasteiger partial charge in [-0.05, 0) is 17.7 Å². The first kappa shape index (κ1) is 11.7. The van der Waals surface area contributed by atoms with E-state index >= 15 is 0 Å². The molecule has 18 heavy (non-hydrogen) atoms. The molecule has 0 fully saturated rings. The monoisotopic (exact) mass is 240 g/mol. The molecule has 6 heteroatoms. The number of azide groups is 1. The Bertz CT molecular complexity index is 633. The Balaban J connectivity index is 2.24.